The van der Waals surface area contributed by atoms with Gasteiger partial charge in [-0.15, -0.1) is 0 Å². The zero-order chi connectivity index (χ0) is 14.4. The van der Waals surface area contributed by atoms with Crippen LogP contribution in [0.2, 0.25) is 0 Å². The number of nitrogens with one attached hydrogen (secondary N) is 1. The number of carbonyl (C=O) groups excluding carboxylic acids is 1. The highest BCUT2D eigenvalue weighted by Gasteiger charge is 2.41. The second-order valence-corrected chi connectivity index (χ2v) is 6.29. The molecule has 0 spiro atoms. The second kappa shape index (κ2) is 7.41. The van der Waals surface area contributed by atoms with Gasteiger partial charge in [-0.3, -0.25) is 10.1 Å². The van der Waals surface area contributed by atoms with Crippen LogP contribution in [-0.4, -0.2) is 37.9 Å². The normalized spacial score (nSPS) is 34.7. The van der Waals surface area contributed by atoms with Crippen molar-refractivity contribution in [2.75, 3.05) is 20.3 Å². The van der Waals surface area contributed by atoms with Gasteiger partial charge in [0, 0.05) is 13.2 Å². The Morgan fingerprint density at radius 2 is 2.15 bits per heavy atom. The molecule has 3 atom stereocenters. The Morgan fingerprint density at radius 3 is 2.80 bits per heavy atom. The molecule has 116 valence electrons. The molecule has 0 aromatic rings. The first-order valence-electron chi connectivity index (χ1n) is 8.15. The van der Waals surface area contributed by atoms with E-state index in [1.807, 2.05) is 0 Å². The molecule has 0 aromatic carbocycles. The number of rotatable bonds is 5. The van der Waals surface area contributed by atoms with Gasteiger partial charge in [0.25, 0.3) is 0 Å². The van der Waals surface area contributed by atoms with Crippen LogP contribution in [0.15, 0.2) is 0 Å². The van der Waals surface area contributed by atoms with E-state index in [1.54, 1.807) is 0 Å². The van der Waals surface area contributed by atoms with Crippen molar-refractivity contribution in [3.8, 4) is 0 Å². The van der Waals surface area contributed by atoms with Gasteiger partial charge in [-0.25, -0.2) is 0 Å². The van der Waals surface area contributed by atoms with E-state index in [-0.39, 0.29) is 12.1 Å². The van der Waals surface area contributed by atoms with E-state index in [4.69, 9.17) is 9.47 Å². The lowest BCUT2D eigenvalue weighted by atomic mass is 9.89. The van der Waals surface area contributed by atoms with Crippen LogP contribution in [0.1, 0.15) is 58.3 Å². The lowest BCUT2D eigenvalue weighted by molar-refractivity contribution is -0.149. The lowest BCUT2D eigenvalue weighted by Crippen LogP contribution is -2.54. The molecule has 1 saturated heterocycles. The van der Waals surface area contributed by atoms with E-state index >= 15 is 0 Å². The molecule has 4 heteroatoms. The molecule has 20 heavy (non-hydrogen) atoms. The van der Waals surface area contributed by atoms with Crippen molar-refractivity contribution in [2.24, 2.45) is 5.92 Å². The van der Waals surface area contributed by atoms with E-state index < -0.39 is 5.54 Å². The standard InChI is InChI=1S/C16H29NO3/c1-3-13-6-4-9-16(10-8-13,15(18)19-2)17-12-14-7-5-11-20-14/h13-14,17H,3-12H2,1-2H3. The highest BCUT2D eigenvalue weighted by Crippen LogP contribution is 2.33. The molecule has 2 fully saturated rings. The third-order valence-corrected chi connectivity index (χ3v) is 5.04. The fourth-order valence-electron chi connectivity index (χ4n) is 3.58. The van der Waals surface area contributed by atoms with Crippen molar-refractivity contribution in [1.82, 2.24) is 5.32 Å². The fraction of sp³-hybridized carbons (Fsp3) is 0.938. The minimum absolute atomic E-state index is 0.0905. The van der Waals surface area contributed by atoms with Crippen LogP contribution in [0.5, 0.6) is 0 Å². The smallest absolute Gasteiger partial charge is 0.326 e. The SMILES string of the molecule is CCC1CCCC(NCC2CCCO2)(C(=O)OC)CC1. The Hall–Kier alpha value is -0.610. The summed E-state index contributed by atoms with van der Waals surface area (Å²) < 4.78 is 10.8. The third kappa shape index (κ3) is 3.73. The molecule has 0 radical (unpaired) electrons. The zero-order valence-corrected chi connectivity index (χ0v) is 13.0. The predicted octanol–water partition coefficient (Wildman–Crippen LogP) is 2.66. The van der Waals surface area contributed by atoms with Crippen LogP contribution < -0.4 is 5.32 Å². The van der Waals surface area contributed by atoms with Crippen molar-refractivity contribution in [3.05, 3.63) is 0 Å². The van der Waals surface area contributed by atoms with Crippen LogP contribution >= 0.6 is 0 Å². The molecular weight excluding hydrogens is 254 g/mol. The topological polar surface area (TPSA) is 47.6 Å². The summed E-state index contributed by atoms with van der Waals surface area (Å²) in [6, 6.07) is 0. The van der Waals surface area contributed by atoms with E-state index in [9.17, 15) is 4.79 Å². The Kier molecular flexibility index (Phi) is 5.85. The van der Waals surface area contributed by atoms with E-state index in [0.717, 1.165) is 57.6 Å². The Bertz CT molecular complexity index is 315. The second-order valence-electron chi connectivity index (χ2n) is 6.29. The van der Waals surface area contributed by atoms with E-state index in [0.29, 0.717) is 0 Å². The summed E-state index contributed by atoms with van der Waals surface area (Å²) in [6.45, 7) is 3.87. The first-order chi connectivity index (χ1) is 9.70. The van der Waals surface area contributed by atoms with Gasteiger partial charge in [-0.1, -0.05) is 26.2 Å². The van der Waals surface area contributed by atoms with Crippen LogP contribution in [0.25, 0.3) is 0 Å². The number of methoxy groups -OCH3 is 1. The van der Waals surface area contributed by atoms with Crippen molar-refractivity contribution >= 4 is 5.97 Å². The number of hydrogen-bond acceptors (Lipinski definition) is 4. The molecule has 0 bridgehead atoms. The molecule has 1 aliphatic heterocycles. The average Bonchev–Trinajstić information content (AvgIpc) is 2.91. The summed E-state index contributed by atoms with van der Waals surface area (Å²) in [5.41, 5.74) is -0.482. The summed E-state index contributed by atoms with van der Waals surface area (Å²) in [7, 11) is 1.50. The molecule has 1 N–H and O–H groups in total. The Morgan fingerprint density at radius 1 is 1.30 bits per heavy atom. The molecule has 3 unspecified atom stereocenters. The summed E-state index contributed by atoms with van der Waals surface area (Å²) in [5, 5.41) is 3.51. The Balaban J connectivity index is 1.98. The van der Waals surface area contributed by atoms with Crippen LogP contribution in [0, 0.1) is 5.92 Å². The van der Waals surface area contributed by atoms with Gasteiger partial charge in [0.05, 0.1) is 13.2 Å². The van der Waals surface area contributed by atoms with Crippen LogP contribution in [0.4, 0.5) is 0 Å². The lowest BCUT2D eigenvalue weighted by Gasteiger charge is -2.32. The maximum Gasteiger partial charge on any atom is 0.326 e. The number of ether oxygens (including phenoxy) is 2. The number of hydrogen-bond donors (Lipinski definition) is 1. The summed E-state index contributed by atoms with van der Waals surface area (Å²) in [4.78, 5) is 12.3. The molecule has 2 rings (SSSR count). The number of carbonyl (C=O) groups is 1. The molecule has 1 saturated carbocycles. The van der Waals surface area contributed by atoms with Crippen molar-refractivity contribution in [1.29, 1.82) is 0 Å². The van der Waals surface area contributed by atoms with Crippen molar-refractivity contribution < 1.29 is 14.3 Å². The average molecular weight is 283 g/mol. The molecule has 2 aliphatic rings. The minimum atomic E-state index is -0.482. The largest absolute Gasteiger partial charge is 0.468 e. The zero-order valence-electron chi connectivity index (χ0n) is 13.0. The maximum atomic E-state index is 12.3. The highest BCUT2D eigenvalue weighted by atomic mass is 16.5. The van der Waals surface area contributed by atoms with E-state index in [1.165, 1.54) is 20.0 Å². The summed E-state index contributed by atoms with van der Waals surface area (Å²) in [5.74, 6) is 0.665. The third-order valence-electron chi connectivity index (χ3n) is 5.04. The van der Waals surface area contributed by atoms with Gasteiger partial charge in [0.15, 0.2) is 0 Å². The van der Waals surface area contributed by atoms with Crippen LogP contribution in [-0.2, 0) is 14.3 Å². The molecule has 1 aliphatic carbocycles. The first-order valence-corrected chi connectivity index (χ1v) is 8.15. The van der Waals surface area contributed by atoms with Crippen molar-refractivity contribution in [2.45, 2.75) is 69.9 Å². The van der Waals surface area contributed by atoms with Gasteiger partial charge in [-0.05, 0) is 38.0 Å². The van der Waals surface area contributed by atoms with Crippen LogP contribution in [0.3, 0.4) is 0 Å². The monoisotopic (exact) mass is 283 g/mol. The predicted molar refractivity (Wildman–Crippen MR) is 78.6 cm³/mol. The Labute approximate surface area is 122 Å². The van der Waals surface area contributed by atoms with Gasteiger partial charge in [0.1, 0.15) is 5.54 Å². The minimum Gasteiger partial charge on any atom is -0.468 e. The van der Waals surface area contributed by atoms with Crippen molar-refractivity contribution in [3.63, 3.8) is 0 Å². The summed E-state index contributed by atoms with van der Waals surface area (Å²) >= 11 is 0. The molecular formula is C16H29NO3. The van der Waals surface area contributed by atoms with Gasteiger partial charge < -0.3 is 9.47 Å². The summed E-state index contributed by atoms with van der Waals surface area (Å²) in [6.07, 6.45) is 8.95. The maximum absolute atomic E-state index is 12.3. The van der Waals surface area contributed by atoms with Gasteiger partial charge >= 0.3 is 5.97 Å². The first kappa shape index (κ1) is 15.8. The molecule has 0 amide bonds. The molecule has 1 heterocycles. The van der Waals surface area contributed by atoms with Gasteiger partial charge in [-0.2, -0.15) is 0 Å². The quantitative estimate of drug-likeness (QED) is 0.622. The van der Waals surface area contributed by atoms with E-state index in [2.05, 4.69) is 12.2 Å². The highest BCUT2D eigenvalue weighted by molar-refractivity contribution is 5.80. The van der Waals surface area contributed by atoms with Gasteiger partial charge in [0.2, 0.25) is 0 Å². The number of esters is 1. The molecule has 0 aromatic heterocycles. The molecule has 4 nitrogen and oxygen atoms in total. The fourth-order valence-corrected chi connectivity index (χ4v) is 3.58.